The molecule has 3 unspecified atom stereocenters. The van der Waals surface area contributed by atoms with Crippen molar-refractivity contribution < 1.29 is 4.79 Å². The quantitative estimate of drug-likeness (QED) is 0.739. The van der Waals surface area contributed by atoms with Gasteiger partial charge in [-0.25, -0.2) is 0 Å². The maximum atomic E-state index is 11.3. The molecule has 1 aromatic carbocycles. The average Bonchev–Trinajstić information content (AvgIpc) is 2.38. The zero-order valence-electron chi connectivity index (χ0n) is 11.4. The minimum atomic E-state index is 0.303. The monoisotopic (exact) mass is 254 g/mol. The third-order valence-corrected chi connectivity index (χ3v) is 6.11. The van der Waals surface area contributed by atoms with Crippen LogP contribution in [-0.4, -0.2) is 6.29 Å². The van der Waals surface area contributed by atoms with Gasteiger partial charge in [0.1, 0.15) is 6.29 Å². The SMILES string of the molecule is O=CCC12CC3CC(CC(C3)C1c1ccccc1)C2. The minimum absolute atomic E-state index is 0.303. The lowest BCUT2D eigenvalue weighted by Crippen LogP contribution is -2.51. The number of aldehydes is 1. The molecule has 4 bridgehead atoms. The molecule has 4 fully saturated rings. The van der Waals surface area contributed by atoms with Crippen LogP contribution < -0.4 is 0 Å². The van der Waals surface area contributed by atoms with Crippen molar-refractivity contribution in [1.82, 2.24) is 0 Å². The molecule has 1 nitrogen and oxygen atoms in total. The molecular weight excluding hydrogens is 232 g/mol. The second kappa shape index (κ2) is 4.19. The highest BCUT2D eigenvalue weighted by atomic mass is 16.1. The first-order chi connectivity index (χ1) is 9.31. The van der Waals surface area contributed by atoms with Gasteiger partial charge in [0.15, 0.2) is 0 Å². The Morgan fingerprint density at radius 1 is 1.05 bits per heavy atom. The van der Waals surface area contributed by atoms with Gasteiger partial charge in [-0.1, -0.05) is 30.3 Å². The Labute approximate surface area is 115 Å². The van der Waals surface area contributed by atoms with Gasteiger partial charge in [0.2, 0.25) is 0 Å². The molecule has 19 heavy (non-hydrogen) atoms. The average molecular weight is 254 g/mol. The van der Waals surface area contributed by atoms with E-state index >= 15 is 0 Å². The van der Waals surface area contributed by atoms with Gasteiger partial charge in [0.05, 0.1) is 0 Å². The first-order valence-corrected chi connectivity index (χ1v) is 7.79. The smallest absolute Gasteiger partial charge is 0.120 e. The Bertz CT molecular complexity index is 464. The van der Waals surface area contributed by atoms with Gasteiger partial charge < -0.3 is 4.79 Å². The molecule has 0 radical (unpaired) electrons. The van der Waals surface area contributed by atoms with Crippen molar-refractivity contribution in [3.8, 4) is 0 Å². The van der Waals surface area contributed by atoms with Gasteiger partial charge >= 0.3 is 0 Å². The Hall–Kier alpha value is -1.11. The second-order valence-electron chi connectivity index (χ2n) is 7.23. The van der Waals surface area contributed by atoms with Crippen LogP contribution in [0.25, 0.3) is 0 Å². The van der Waals surface area contributed by atoms with Gasteiger partial charge in [-0.2, -0.15) is 0 Å². The van der Waals surface area contributed by atoms with Crippen molar-refractivity contribution in [3.63, 3.8) is 0 Å². The third-order valence-electron chi connectivity index (χ3n) is 6.11. The molecule has 0 N–H and O–H groups in total. The predicted molar refractivity (Wildman–Crippen MR) is 75.9 cm³/mol. The van der Waals surface area contributed by atoms with E-state index in [1.807, 2.05) is 0 Å². The van der Waals surface area contributed by atoms with Crippen LogP contribution in [0.1, 0.15) is 50.0 Å². The fourth-order valence-electron chi connectivity index (χ4n) is 5.95. The van der Waals surface area contributed by atoms with E-state index in [1.54, 1.807) is 0 Å². The number of benzene rings is 1. The molecule has 0 amide bonds. The highest BCUT2D eigenvalue weighted by molar-refractivity contribution is 5.52. The Kier molecular flexibility index (Phi) is 2.58. The van der Waals surface area contributed by atoms with Crippen molar-refractivity contribution in [3.05, 3.63) is 35.9 Å². The Morgan fingerprint density at radius 2 is 1.74 bits per heavy atom. The summed E-state index contributed by atoms with van der Waals surface area (Å²) < 4.78 is 0. The maximum absolute atomic E-state index is 11.3. The summed E-state index contributed by atoms with van der Waals surface area (Å²) in [6, 6.07) is 11.0. The number of carbonyl (C=O) groups is 1. The summed E-state index contributed by atoms with van der Waals surface area (Å²) in [4.78, 5) is 11.3. The fraction of sp³-hybridized carbons (Fsp3) is 0.611. The maximum Gasteiger partial charge on any atom is 0.120 e. The second-order valence-corrected chi connectivity index (χ2v) is 7.23. The van der Waals surface area contributed by atoms with Gasteiger partial charge in [-0.15, -0.1) is 0 Å². The normalized spacial score (nSPS) is 43.4. The van der Waals surface area contributed by atoms with Crippen molar-refractivity contribution in [1.29, 1.82) is 0 Å². The first-order valence-electron chi connectivity index (χ1n) is 7.79. The van der Waals surface area contributed by atoms with E-state index in [0.29, 0.717) is 11.3 Å². The molecule has 0 heterocycles. The van der Waals surface area contributed by atoms with Crippen LogP contribution in [0.4, 0.5) is 0 Å². The molecule has 0 saturated heterocycles. The lowest BCUT2D eigenvalue weighted by atomic mass is 9.43. The molecule has 3 atom stereocenters. The summed E-state index contributed by atoms with van der Waals surface area (Å²) in [5.74, 6) is 3.31. The van der Waals surface area contributed by atoms with Crippen LogP contribution in [0.2, 0.25) is 0 Å². The molecule has 0 aliphatic heterocycles. The predicted octanol–water partition coefficient (Wildman–Crippen LogP) is 4.19. The lowest BCUT2D eigenvalue weighted by molar-refractivity contribution is -0.119. The summed E-state index contributed by atoms with van der Waals surface area (Å²) in [5, 5.41) is 0. The highest BCUT2D eigenvalue weighted by Crippen LogP contribution is 2.66. The lowest BCUT2D eigenvalue weighted by Gasteiger charge is -2.61. The van der Waals surface area contributed by atoms with Gasteiger partial charge in [0.25, 0.3) is 0 Å². The molecule has 0 spiro atoms. The fourth-order valence-corrected chi connectivity index (χ4v) is 5.95. The van der Waals surface area contributed by atoms with Gasteiger partial charge in [-0.05, 0) is 66.8 Å². The van der Waals surface area contributed by atoms with E-state index in [-0.39, 0.29) is 0 Å². The van der Waals surface area contributed by atoms with E-state index in [9.17, 15) is 4.79 Å². The zero-order chi connectivity index (χ0) is 12.9. The van der Waals surface area contributed by atoms with Crippen LogP contribution in [0.5, 0.6) is 0 Å². The van der Waals surface area contributed by atoms with E-state index in [0.717, 1.165) is 24.2 Å². The number of hydrogen-bond acceptors (Lipinski definition) is 1. The topological polar surface area (TPSA) is 17.1 Å². The van der Waals surface area contributed by atoms with Crippen molar-refractivity contribution in [2.24, 2.45) is 23.2 Å². The standard InChI is InChI=1S/C18H22O/c19-7-6-18-11-13-8-14(12-18)10-16(9-13)17(18)15-4-2-1-3-5-15/h1-5,7,13-14,16-17H,6,8-12H2. The number of carbonyl (C=O) groups excluding carboxylic acids is 1. The largest absolute Gasteiger partial charge is 0.303 e. The Morgan fingerprint density at radius 3 is 2.37 bits per heavy atom. The molecule has 1 aromatic rings. The summed E-state index contributed by atoms with van der Waals surface area (Å²) in [7, 11) is 0. The molecule has 1 heteroatoms. The molecule has 5 rings (SSSR count). The molecule has 4 aliphatic rings. The van der Waals surface area contributed by atoms with E-state index in [2.05, 4.69) is 30.3 Å². The van der Waals surface area contributed by atoms with Crippen molar-refractivity contribution >= 4 is 6.29 Å². The third kappa shape index (κ3) is 1.70. The first kappa shape index (κ1) is 11.7. The van der Waals surface area contributed by atoms with Crippen LogP contribution in [0, 0.1) is 23.2 Å². The van der Waals surface area contributed by atoms with E-state index in [1.165, 1.54) is 44.0 Å². The summed E-state index contributed by atoms with van der Waals surface area (Å²) in [6.07, 6.45) is 8.86. The van der Waals surface area contributed by atoms with Gasteiger partial charge in [-0.3, -0.25) is 0 Å². The summed E-state index contributed by atoms with van der Waals surface area (Å²) in [6.45, 7) is 0. The molecule has 4 aliphatic carbocycles. The van der Waals surface area contributed by atoms with Crippen LogP contribution in [0.15, 0.2) is 30.3 Å². The van der Waals surface area contributed by atoms with E-state index < -0.39 is 0 Å². The molecule has 100 valence electrons. The van der Waals surface area contributed by atoms with Gasteiger partial charge in [0, 0.05) is 6.42 Å². The van der Waals surface area contributed by atoms with Crippen molar-refractivity contribution in [2.45, 2.75) is 44.4 Å². The molecule has 4 saturated carbocycles. The number of hydrogen-bond donors (Lipinski definition) is 0. The highest BCUT2D eigenvalue weighted by Gasteiger charge is 2.56. The van der Waals surface area contributed by atoms with E-state index in [4.69, 9.17) is 0 Å². The van der Waals surface area contributed by atoms with Crippen LogP contribution in [-0.2, 0) is 4.79 Å². The Balaban J connectivity index is 1.77. The number of rotatable bonds is 3. The minimum Gasteiger partial charge on any atom is -0.303 e. The van der Waals surface area contributed by atoms with Crippen LogP contribution in [0.3, 0.4) is 0 Å². The molecular formula is C18H22O. The van der Waals surface area contributed by atoms with Crippen molar-refractivity contribution in [2.75, 3.05) is 0 Å². The zero-order valence-corrected chi connectivity index (χ0v) is 11.4. The summed E-state index contributed by atoms with van der Waals surface area (Å²) in [5.41, 5.74) is 1.80. The molecule has 0 aromatic heterocycles. The van der Waals surface area contributed by atoms with Crippen LogP contribution >= 0.6 is 0 Å². The summed E-state index contributed by atoms with van der Waals surface area (Å²) >= 11 is 0.